The molecule has 1 heterocycles. The number of ether oxygens (including phenoxy) is 1. The minimum atomic E-state index is 0.336. The maximum absolute atomic E-state index is 5.23. The molecule has 3 unspecified atom stereocenters. The molecular weight excluding hydrogens is 248 g/mol. The number of hydrogen-bond acceptors (Lipinski definition) is 3. The van der Waals surface area contributed by atoms with Gasteiger partial charge in [0.2, 0.25) is 0 Å². The lowest BCUT2D eigenvalue weighted by Crippen LogP contribution is -2.48. The third kappa shape index (κ3) is 4.71. The molecule has 1 saturated heterocycles. The van der Waals surface area contributed by atoms with Gasteiger partial charge >= 0.3 is 0 Å². The molecule has 0 radical (unpaired) electrons. The van der Waals surface area contributed by atoms with Crippen LogP contribution in [-0.2, 0) is 4.74 Å². The molecule has 2 aliphatic rings. The van der Waals surface area contributed by atoms with Gasteiger partial charge in [-0.3, -0.25) is 0 Å². The summed E-state index contributed by atoms with van der Waals surface area (Å²) in [6, 6.07) is 1.50. The topological polar surface area (TPSA) is 33.3 Å². The summed E-state index contributed by atoms with van der Waals surface area (Å²) in [6.45, 7) is 7.91. The predicted molar refractivity (Wildman–Crippen MR) is 85.0 cm³/mol. The summed E-state index contributed by atoms with van der Waals surface area (Å²) >= 11 is 0. The number of nitrogens with one attached hydrogen (secondary N) is 2. The minimum absolute atomic E-state index is 0.336. The van der Waals surface area contributed by atoms with E-state index in [0.29, 0.717) is 5.41 Å². The second-order valence-electron chi connectivity index (χ2n) is 7.55. The molecule has 0 amide bonds. The van der Waals surface area contributed by atoms with Crippen LogP contribution in [0.2, 0.25) is 0 Å². The SMILES string of the molecule is COCCC(C)(C)CNC1CCCC1C1CCCCN1. The Kier molecular flexibility index (Phi) is 6.31. The van der Waals surface area contributed by atoms with Gasteiger partial charge in [0.1, 0.15) is 0 Å². The Balaban J connectivity index is 1.78. The Hall–Kier alpha value is -0.120. The van der Waals surface area contributed by atoms with Crippen molar-refractivity contribution in [1.82, 2.24) is 10.6 Å². The summed E-state index contributed by atoms with van der Waals surface area (Å²) in [7, 11) is 1.80. The van der Waals surface area contributed by atoms with E-state index in [1.165, 1.54) is 45.1 Å². The predicted octanol–water partition coefficient (Wildman–Crippen LogP) is 2.95. The molecule has 2 N–H and O–H groups in total. The molecule has 2 rings (SSSR count). The quantitative estimate of drug-likeness (QED) is 0.753. The summed E-state index contributed by atoms with van der Waals surface area (Å²) in [6.07, 6.45) is 9.48. The average Bonchev–Trinajstić information content (AvgIpc) is 2.93. The van der Waals surface area contributed by atoms with Crippen molar-refractivity contribution in [2.75, 3.05) is 26.8 Å². The fraction of sp³-hybridized carbons (Fsp3) is 1.00. The van der Waals surface area contributed by atoms with E-state index in [1.807, 2.05) is 0 Å². The molecule has 2 fully saturated rings. The van der Waals surface area contributed by atoms with Gasteiger partial charge in [0.15, 0.2) is 0 Å². The minimum Gasteiger partial charge on any atom is -0.385 e. The highest BCUT2D eigenvalue weighted by molar-refractivity contribution is 4.93. The summed E-state index contributed by atoms with van der Waals surface area (Å²) in [5.41, 5.74) is 0.336. The van der Waals surface area contributed by atoms with Gasteiger partial charge in [-0.2, -0.15) is 0 Å². The second-order valence-corrected chi connectivity index (χ2v) is 7.55. The van der Waals surface area contributed by atoms with Crippen molar-refractivity contribution in [1.29, 1.82) is 0 Å². The lowest BCUT2D eigenvalue weighted by Gasteiger charge is -2.35. The van der Waals surface area contributed by atoms with Crippen molar-refractivity contribution < 1.29 is 4.74 Å². The summed E-state index contributed by atoms with van der Waals surface area (Å²) in [5.74, 6) is 0.855. The van der Waals surface area contributed by atoms with Crippen LogP contribution < -0.4 is 10.6 Å². The van der Waals surface area contributed by atoms with Crippen molar-refractivity contribution >= 4 is 0 Å². The highest BCUT2D eigenvalue weighted by Gasteiger charge is 2.34. The molecule has 3 nitrogen and oxygen atoms in total. The van der Waals surface area contributed by atoms with E-state index in [-0.39, 0.29) is 0 Å². The molecule has 0 aromatic carbocycles. The van der Waals surface area contributed by atoms with Crippen molar-refractivity contribution in [3.8, 4) is 0 Å². The van der Waals surface area contributed by atoms with E-state index in [1.54, 1.807) is 7.11 Å². The van der Waals surface area contributed by atoms with Crippen LogP contribution in [0.15, 0.2) is 0 Å². The average molecular weight is 282 g/mol. The molecule has 1 aliphatic heterocycles. The molecule has 20 heavy (non-hydrogen) atoms. The number of rotatable bonds is 7. The highest BCUT2D eigenvalue weighted by Crippen LogP contribution is 2.32. The van der Waals surface area contributed by atoms with Crippen molar-refractivity contribution in [3.63, 3.8) is 0 Å². The first kappa shape index (κ1) is 16.3. The lowest BCUT2D eigenvalue weighted by atomic mass is 9.86. The monoisotopic (exact) mass is 282 g/mol. The van der Waals surface area contributed by atoms with E-state index in [4.69, 9.17) is 4.74 Å². The van der Waals surface area contributed by atoms with Crippen LogP contribution in [-0.4, -0.2) is 38.9 Å². The Morgan fingerprint density at radius 3 is 2.70 bits per heavy atom. The normalized spacial score (nSPS) is 31.6. The summed E-state index contributed by atoms with van der Waals surface area (Å²) in [4.78, 5) is 0. The summed E-state index contributed by atoms with van der Waals surface area (Å²) in [5, 5.41) is 7.65. The highest BCUT2D eigenvalue weighted by atomic mass is 16.5. The van der Waals surface area contributed by atoms with Crippen LogP contribution >= 0.6 is 0 Å². The third-order valence-corrected chi connectivity index (χ3v) is 5.26. The largest absolute Gasteiger partial charge is 0.385 e. The van der Waals surface area contributed by atoms with Gasteiger partial charge < -0.3 is 15.4 Å². The molecule has 3 heteroatoms. The van der Waals surface area contributed by atoms with Gasteiger partial charge in [-0.1, -0.05) is 26.7 Å². The second kappa shape index (κ2) is 7.77. The van der Waals surface area contributed by atoms with Gasteiger partial charge in [-0.25, -0.2) is 0 Å². The van der Waals surface area contributed by atoms with Gasteiger partial charge in [0.25, 0.3) is 0 Å². The molecule has 0 aromatic heterocycles. The van der Waals surface area contributed by atoms with E-state index in [9.17, 15) is 0 Å². The molecule has 0 aromatic rings. The van der Waals surface area contributed by atoms with Gasteiger partial charge in [-0.05, 0) is 50.0 Å². The van der Waals surface area contributed by atoms with Gasteiger partial charge in [-0.15, -0.1) is 0 Å². The maximum Gasteiger partial charge on any atom is 0.0467 e. The van der Waals surface area contributed by atoms with Gasteiger partial charge in [0, 0.05) is 32.3 Å². The lowest BCUT2D eigenvalue weighted by molar-refractivity contribution is 0.145. The van der Waals surface area contributed by atoms with E-state index < -0.39 is 0 Å². The molecule has 1 aliphatic carbocycles. The number of hydrogen-bond donors (Lipinski definition) is 2. The summed E-state index contributed by atoms with van der Waals surface area (Å²) < 4.78 is 5.23. The number of methoxy groups -OCH3 is 1. The zero-order valence-corrected chi connectivity index (χ0v) is 13.7. The van der Waals surface area contributed by atoms with E-state index in [2.05, 4.69) is 24.5 Å². The molecule has 118 valence electrons. The molecule has 1 saturated carbocycles. The van der Waals surface area contributed by atoms with Crippen molar-refractivity contribution in [2.45, 2.75) is 70.9 Å². The van der Waals surface area contributed by atoms with Crippen LogP contribution in [0.1, 0.15) is 58.8 Å². The standard InChI is InChI=1S/C17H34N2O/c1-17(2,10-12-20-3)13-19-16-9-6-7-14(16)15-8-4-5-11-18-15/h14-16,18-19H,4-13H2,1-3H3. The Labute approximate surface area is 125 Å². The fourth-order valence-electron chi connectivity index (χ4n) is 3.84. The smallest absolute Gasteiger partial charge is 0.0467 e. The van der Waals surface area contributed by atoms with Crippen molar-refractivity contribution in [3.05, 3.63) is 0 Å². The van der Waals surface area contributed by atoms with Crippen molar-refractivity contribution in [2.24, 2.45) is 11.3 Å². The first-order valence-corrected chi connectivity index (χ1v) is 8.58. The molecule has 0 bridgehead atoms. The maximum atomic E-state index is 5.23. The number of piperidine rings is 1. The Morgan fingerprint density at radius 2 is 2.00 bits per heavy atom. The van der Waals surface area contributed by atoms with Crippen LogP contribution in [0.5, 0.6) is 0 Å². The zero-order chi connectivity index (χ0) is 14.4. The first-order chi connectivity index (χ1) is 9.62. The Bertz CT molecular complexity index is 274. The third-order valence-electron chi connectivity index (χ3n) is 5.26. The van der Waals surface area contributed by atoms with Crippen LogP contribution in [0.3, 0.4) is 0 Å². The van der Waals surface area contributed by atoms with Crippen LogP contribution in [0, 0.1) is 11.3 Å². The first-order valence-electron chi connectivity index (χ1n) is 8.58. The van der Waals surface area contributed by atoms with Crippen LogP contribution in [0.4, 0.5) is 0 Å². The fourth-order valence-corrected chi connectivity index (χ4v) is 3.84. The molecule has 3 atom stereocenters. The molecular formula is C17H34N2O. The molecule has 0 spiro atoms. The van der Waals surface area contributed by atoms with Gasteiger partial charge in [0.05, 0.1) is 0 Å². The van der Waals surface area contributed by atoms with E-state index >= 15 is 0 Å². The Morgan fingerprint density at radius 1 is 1.15 bits per heavy atom. The van der Waals surface area contributed by atoms with E-state index in [0.717, 1.165) is 37.6 Å². The van der Waals surface area contributed by atoms with Crippen LogP contribution in [0.25, 0.3) is 0 Å². The zero-order valence-electron chi connectivity index (χ0n) is 13.7.